The summed E-state index contributed by atoms with van der Waals surface area (Å²) in [6, 6.07) is 0.504. The predicted octanol–water partition coefficient (Wildman–Crippen LogP) is 3.85. The Morgan fingerprint density at radius 1 is 1.05 bits per heavy atom. The van der Waals surface area contributed by atoms with Crippen LogP contribution in [0.2, 0.25) is 0 Å². The SMILES string of the molecule is CCCNc1ncnc(NC(CC)CCC)c1CC. The number of hydrogen-bond acceptors (Lipinski definition) is 4. The van der Waals surface area contributed by atoms with Crippen molar-refractivity contribution in [3.05, 3.63) is 11.9 Å². The molecular weight excluding hydrogens is 236 g/mol. The van der Waals surface area contributed by atoms with Gasteiger partial charge in [-0.1, -0.05) is 34.1 Å². The van der Waals surface area contributed by atoms with Crippen LogP contribution in [0, 0.1) is 0 Å². The van der Waals surface area contributed by atoms with Crippen molar-refractivity contribution in [3.63, 3.8) is 0 Å². The fraction of sp³-hybridized carbons (Fsp3) is 0.733. The van der Waals surface area contributed by atoms with Gasteiger partial charge in [-0.3, -0.25) is 0 Å². The number of anilines is 2. The minimum atomic E-state index is 0.504. The number of rotatable bonds is 9. The van der Waals surface area contributed by atoms with Crippen molar-refractivity contribution in [2.75, 3.05) is 17.2 Å². The molecule has 1 aromatic heterocycles. The molecule has 0 aliphatic rings. The lowest BCUT2D eigenvalue weighted by molar-refractivity contribution is 0.619. The third-order valence-electron chi connectivity index (χ3n) is 3.31. The Bertz CT molecular complexity index is 365. The maximum atomic E-state index is 4.43. The molecule has 108 valence electrons. The van der Waals surface area contributed by atoms with Crippen molar-refractivity contribution in [1.29, 1.82) is 0 Å². The first-order chi connectivity index (χ1) is 9.26. The van der Waals surface area contributed by atoms with Gasteiger partial charge in [-0.25, -0.2) is 9.97 Å². The fourth-order valence-corrected chi connectivity index (χ4v) is 2.19. The summed E-state index contributed by atoms with van der Waals surface area (Å²) in [5.41, 5.74) is 1.20. The van der Waals surface area contributed by atoms with Crippen molar-refractivity contribution in [2.24, 2.45) is 0 Å². The Morgan fingerprint density at radius 2 is 1.79 bits per heavy atom. The standard InChI is InChI=1S/C15H28N4/c1-5-9-12(7-3)19-15-13(8-4)14(16-10-6-2)17-11-18-15/h11-12H,5-10H2,1-4H3,(H2,16,17,18,19). The minimum absolute atomic E-state index is 0.504. The average Bonchev–Trinajstić information content (AvgIpc) is 2.44. The molecule has 4 nitrogen and oxygen atoms in total. The molecular formula is C15H28N4. The van der Waals surface area contributed by atoms with Crippen LogP contribution >= 0.6 is 0 Å². The predicted molar refractivity (Wildman–Crippen MR) is 82.8 cm³/mol. The smallest absolute Gasteiger partial charge is 0.134 e. The Kier molecular flexibility index (Phi) is 7.23. The molecule has 0 saturated heterocycles. The molecule has 0 amide bonds. The van der Waals surface area contributed by atoms with Gasteiger partial charge in [-0.05, 0) is 25.7 Å². The van der Waals surface area contributed by atoms with Gasteiger partial charge in [0.25, 0.3) is 0 Å². The van der Waals surface area contributed by atoms with E-state index in [0.29, 0.717) is 6.04 Å². The van der Waals surface area contributed by atoms with Gasteiger partial charge in [-0.15, -0.1) is 0 Å². The van der Waals surface area contributed by atoms with E-state index < -0.39 is 0 Å². The number of nitrogens with zero attached hydrogens (tertiary/aromatic N) is 2. The van der Waals surface area contributed by atoms with Crippen LogP contribution in [0.15, 0.2) is 6.33 Å². The van der Waals surface area contributed by atoms with Crippen LogP contribution in [-0.4, -0.2) is 22.6 Å². The molecule has 4 heteroatoms. The molecule has 0 radical (unpaired) electrons. The Morgan fingerprint density at radius 3 is 2.37 bits per heavy atom. The highest BCUT2D eigenvalue weighted by molar-refractivity contribution is 5.57. The maximum absolute atomic E-state index is 4.43. The zero-order valence-electron chi connectivity index (χ0n) is 12.8. The summed E-state index contributed by atoms with van der Waals surface area (Å²) in [7, 11) is 0. The van der Waals surface area contributed by atoms with E-state index >= 15 is 0 Å². The summed E-state index contributed by atoms with van der Waals surface area (Å²) < 4.78 is 0. The Hall–Kier alpha value is -1.32. The van der Waals surface area contributed by atoms with Crippen LogP contribution in [0.5, 0.6) is 0 Å². The van der Waals surface area contributed by atoms with Crippen LogP contribution in [-0.2, 0) is 6.42 Å². The van der Waals surface area contributed by atoms with E-state index in [4.69, 9.17) is 0 Å². The van der Waals surface area contributed by atoms with E-state index in [-0.39, 0.29) is 0 Å². The van der Waals surface area contributed by atoms with Crippen molar-refractivity contribution in [2.45, 2.75) is 65.8 Å². The second-order valence-corrected chi connectivity index (χ2v) is 4.87. The summed E-state index contributed by atoms with van der Waals surface area (Å²) >= 11 is 0. The molecule has 0 bridgehead atoms. The third-order valence-corrected chi connectivity index (χ3v) is 3.31. The summed E-state index contributed by atoms with van der Waals surface area (Å²) in [6.45, 7) is 9.71. The molecule has 0 aliphatic heterocycles. The van der Waals surface area contributed by atoms with E-state index in [1.807, 2.05) is 0 Å². The third kappa shape index (κ3) is 4.69. The van der Waals surface area contributed by atoms with Crippen molar-refractivity contribution >= 4 is 11.6 Å². The highest BCUT2D eigenvalue weighted by atomic mass is 15.1. The summed E-state index contributed by atoms with van der Waals surface area (Å²) in [4.78, 5) is 8.79. The minimum Gasteiger partial charge on any atom is -0.370 e. The molecule has 1 rings (SSSR count). The first kappa shape index (κ1) is 15.7. The largest absolute Gasteiger partial charge is 0.370 e. The van der Waals surface area contributed by atoms with Crippen molar-refractivity contribution in [3.8, 4) is 0 Å². The van der Waals surface area contributed by atoms with Gasteiger partial charge in [0.15, 0.2) is 0 Å². The maximum Gasteiger partial charge on any atom is 0.134 e. The van der Waals surface area contributed by atoms with Gasteiger partial charge in [0.05, 0.1) is 0 Å². The second kappa shape index (κ2) is 8.73. The molecule has 0 fully saturated rings. The van der Waals surface area contributed by atoms with Gasteiger partial charge in [0, 0.05) is 18.2 Å². The molecule has 19 heavy (non-hydrogen) atoms. The number of aromatic nitrogens is 2. The molecule has 2 N–H and O–H groups in total. The highest BCUT2D eigenvalue weighted by Crippen LogP contribution is 2.22. The van der Waals surface area contributed by atoms with E-state index in [1.165, 1.54) is 18.4 Å². The van der Waals surface area contributed by atoms with E-state index in [9.17, 15) is 0 Å². The molecule has 1 unspecified atom stereocenters. The first-order valence-electron chi connectivity index (χ1n) is 7.60. The van der Waals surface area contributed by atoms with Gasteiger partial charge in [-0.2, -0.15) is 0 Å². The van der Waals surface area contributed by atoms with Gasteiger partial charge >= 0.3 is 0 Å². The lowest BCUT2D eigenvalue weighted by Crippen LogP contribution is -2.20. The van der Waals surface area contributed by atoms with Crippen LogP contribution in [0.25, 0.3) is 0 Å². The number of hydrogen-bond donors (Lipinski definition) is 2. The molecule has 1 heterocycles. The van der Waals surface area contributed by atoms with Crippen molar-refractivity contribution < 1.29 is 0 Å². The topological polar surface area (TPSA) is 49.8 Å². The van der Waals surface area contributed by atoms with E-state index in [1.54, 1.807) is 6.33 Å². The monoisotopic (exact) mass is 264 g/mol. The van der Waals surface area contributed by atoms with Crippen LogP contribution in [0.1, 0.15) is 58.9 Å². The average molecular weight is 264 g/mol. The Balaban J connectivity index is 2.86. The molecule has 0 aromatic carbocycles. The van der Waals surface area contributed by atoms with E-state index in [0.717, 1.165) is 37.4 Å². The van der Waals surface area contributed by atoms with Gasteiger partial charge in [0.2, 0.25) is 0 Å². The molecule has 0 saturated carbocycles. The van der Waals surface area contributed by atoms with E-state index in [2.05, 4.69) is 48.3 Å². The highest BCUT2D eigenvalue weighted by Gasteiger charge is 2.12. The summed E-state index contributed by atoms with van der Waals surface area (Å²) in [6.07, 6.45) is 7.19. The quantitative estimate of drug-likeness (QED) is 0.711. The van der Waals surface area contributed by atoms with Crippen LogP contribution in [0.3, 0.4) is 0 Å². The molecule has 1 atom stereocenters. The summed E-state index contributed by atoms with van der Waals surface area (Å²) in [5.74, 6) is 1.98. The molecule has 0 spiro atoms. The van der Waals surface area contributed by atoms with Crippen molar-refractivity contribution in [1.82, 2.24) is 9.97 Å². The Labute approximate surface area is 117 Å². The second-order valence-electron chi connectivity index (χ2n) is 4.87. The lowest BCUT2D eigenvalue weighted by atomic mass is 10.1. The van der Waals surface area contributed by atoms with Gasteiger partial charge < -0.3 is 10.6 Å². The molecule has 0 aliphatic carbocycles. The lowest BCUT2D eigenvalue weighted by Gasteiger charge is -2.20. The van der Waals surface area contributed by atoms with Crippen LogP contribution in [0.4, 0.5) is 11.6 Å². The normalized spacial score (nSPS) is 12.2. The van der Waals surface area contributed by atoms with Crippen LogP contribution < -0.4 is 10.6 Å². The molecule has 1 aromatic rings. The zero-order valence-corrected chi connectivity index (χ0v) is 12.8. The zero-order chi connectivity index (χ0) is 14.1. The fourth-order valence-electron chi connectivity index (χ4n) is 2.19. The van der Waals surface area contributed by atoms with Gasteiger partial charge in [0.1, 0.15) is 18.0 Å². The first-order valence-corrected chi connectivity index (χ1v) is 7.60. The number of nitrogens with one attached hydrogen (secondary N) is 2. The summed E-state index contributed by atoms with van der Waals surface area (Å²) in [5, 5.41) is 6.96.